The van der Waals surface area contributed by atoms with E-state index >= 15 is 0 Å². The summed E-state index contributed by atoms with van der Waals surface area (Å²) in [6.07, 6.45) is -0.936. The highest BCUT2D eigenvalue weighted by atomic mass is 35.5. The number of anilines is 1. The molecule has 2 aromatic rings. The molecule has 1 atom stereocenters. The average Bonchev–Trinajstić information content (AvgIpc) is 2.67. The molecule has 0 radical (unpaired) electrons. The number of aromatic hydroxyl groups is 1. The summed E-state index contributed by atoms with van der Waals surface area (Å²) < 4.78 is 38.4. The lowest BCUT2D eigenvalue weighted by atomic mass is 9.93. The molecule has 0 saturated carbocycles. The molecule has 1 heterocycles. The normalized spacial score (nSPS) is 14.1. The highest BCUT2D eigenvalue weighted by Crippen LogP contribution is 2.38. The van der Waals surface area contributed by atoms with Crippen LogP contribution in [0.5, 0.6) is 17.2 Å². The van der Waals surface area contributed by atoms with E-state index < -0.39 is 23.3 Å². The number of amides is 1. The van der Waals surface area contributed by atoms with Gasteiger partial charge in [0.05, 0.1) is 18.9 Å². The number of carbonyl (C=O) groups is 1. The molecule has 1 unspecified atom stereocenters. The van der Waals surface area contributed by atoms with Gasteiger partial charge in [0.2, 0.25) is 0 Å². The Bertz CT molecular complexity index is 971. The first-order chi connectivity index (χ1) is 14.1. The smallest absolute Gasteiger partial charge is 0.262 e. The Kier molecular flexibility index (Phi) is 7.69. The molecule has 7 nitrogen and oxygen atoms in total. The molecule has 31 heavy (non-hydrogen) atoms. The molecule has 0 fully saturated rings. The van der Waals surface area contributed by atoms with Crippen molar-refractivity contribution in [2.75, 3.05) is 25.6 Å². The van der Waals surface area contributed by atoms with E-state index in [2.05, 4.69) is 10.6 Å². The second-order valence-electron chi connectivity index (χ2n) is 7.78. The van der Waals surface area contributed by atoms with E-state index in [-0.39, 0.29) is 66.4 Å². The molecule has 10 heteroatoms. The van der Waals surface area contributed by atoms with Crippen LogP contribution in [-0.4, -0.2) is 41.9 Å². The number of phenolic OH excluding ortho intramolecular Hbond substituents is 1. The summed E-state index contributed by atoms with van der Waals surface area (Å²) in [5.74, 6) is -1.63. The molecule has 1 amide bonds. The minimum atomic E-state index is -1.09. The van der Waals surface area contributed by atoms with Crippen molar-refractivity contribution in [2.45, 2.75) is 31.9 Å². The Morgan fingerprint density at radius 3 is 2.65 bits per heavy atom. The largest absolute Gasteiger partial charge is 0.508 e. The highest BCUT2D eigenvalue weighted by molar-refractivity contribution is 5.96. The van der Waals surface area contributed by atoms with E-state index in [9.17, 15) is 23.8 Å². The van der Waals surface area contributed by atoms with Crippen molar-refractivity contribution in [3.63, 3.8) is 0 Å². The topological polar surface area (TPSA) is 100 Å². The summed E-state index contributed by atoms with van der Waals surface area (Å²) in [7, 11) is 1.26. The van der Waals surface area contributed by atoms with Gasteiger partial charge >= 0.3 is 0 Å². The summed E-state index contributed by atoms with van der Waals surface area (Å²) in [4.78, 5) is 11.5. The van der Waals surface area contributed by atoms with Crippen LogP contribution in [0.3, 0.4) is 0 Å². The Balaban J connectivity index is 0.00000341. The van der Waals surface area contributed by atoms with E-state index in [1.165, 1.54) is 19.2 Å². The second-order valence-corrected chi connectivity index (χ2v) is 7.78. The van der Waals surface area contributed by atoms with Crippen LogP contribution in [0.4, 0.5) is 14.5 Å². The fourth-order valence-corrected chi connectivity index (χ4v) is 3.34. The molecule has 0 aliphatic carbocycles. The third-order valence-corrected chi connectivity index (χ3v) is 4.81. The standard InChI is InChI=1S/C21H24F2N2O5.ClH/c1-21(2,8-11-4-15(23)18(29-3)7-14(11)22)24-9-17(27)13-5-12(26)6-16-20(13)30-10-19(28)25-16;/h4-7,17,24,26-27H,8-10H2,1-3H3,(H,25,28);1H. The van der Waals surface area contributed by atoms with Gasteiger partial charge in [0.25, 0.3) is 5.91 Å². The van der Waals surface area contributed by atoms with Crippen LogP contribution >= 0.6 is 12.4 Å². The number of nitrogens with one attached hydrogen (secondary N) is 2. The molecule has 2 aromatic carbocycles. The second kappa shape index (κ2) is 9.67. The van der Waals surface area contributed by atoms with Crippen LogP contribution in [-0.2, 0) is 11.2 Å². The number of aliphatic hydroxyl groups is 1. The van der Waals surface area contributed by atoms with Crippen molar-refractivity contribution in [1.29, 1.82) is 0 Å². The van der Waals surface area contributed by atoms with Crippen LogP contribution in [0.25, 0.3) is 0 Å². The number of ether oxygens (including phenoxy) is 2. The summed E-state index contributed by atoms with van der Waals surface area (Å²) in [5, 5.41) is 26.2. The third kappa shape index (κ3) is 5.75. The lowest BCUT2D eigenvalue weighted by molar-refractivity contribution is -0.118. The Labute approximate surface area is 184 Å². The van der Waals surface area contributed by atoms with Gasteiger partial charge in [-0.15, -0.1) is 12.4 Å². The quantitative estimate of drug-likeness (QED) is 0.509. The molecule has 170 valence electrons. The lowest BCUT2D eigenvalue weighted by Gasteiger charge is -2.29. The first kappa shape index (κ1) is 24.6. The lowest BCUT2D eigenvalue weighted by Crippen LogP contribution is -2.43. The Morgan fingerprint density at radius 1 is 1.26 bits per heavy atom. The number of hydrogen-bond donors (Lipinski definition) is 4. The van der Waals surface area contributed by atoms with Crippen LogP contribution in [0.1, 0.15) is 31.1 Å². The molecule has 0 spiro atoms. The van der Waals surface area contributed by atoms with E-state index in [1.54, 1.807) is 13.8 Å². The van der Waals surface area contributed by atoms with E-state index in [0.29, 0.717) is 5.56 Å². The van der Waals surface area contributed by atoms with Gasteiger partial charge in [-0.2, -0.15) is 0 Å². The van der Waals surface area contributed by atoms with E-state index in [1.807, 2.05) is 0 Å². The number of rotatable bonds is 7. The van der Waals surface area contributed by atoms with Gasteiger partial charge in [-0.05, 0) is 38.0 Å². The number of hydrogen-bond acceptors (Lipinski definition) is 6. The third-order valence-electron chi connectivity index (χ3n) is 4.81. The number of methoxy groups -OCH3 is 1. The van der Waals surface area contributed by atoms with Crippen LogP contribution in [0, 0.1) is 11.6 Å². The van der Waals surface area contributed by atoms with E-state index in [4.69, 9.17) is 9.47 Å². The van der Waals surface area contributed by atoms with Crippen LogP contribution in [0.15, 0.2) is 24.3 Å². The summed E-state index contributed by atoms with van der Waals surface area (Å²) >= 11 is 0. The molecule has 0 saturated heterocycles. The summed E-state index contributed by atoms with van der Waals surface area (Å²) in [6.45, 7) is 3.42. The maximum absolute atomic E-state index is 14.3. The van der Waals surface area contributed by atoms with Gasteiger partial charge in [0.15, 0.2) is 18.2 Å². The predicted molar refractivity (Wildman–Crippen MR) is 113 cm³/mol. The number of benzene rings is 2. The SMILES string of the molecule is COc1cc(F)c(CC(C)(C)NCC(O)c2cc(O)cc3c2OCC(=O)N3)cc1F.Cl. The van der Waals surface area contributed by atoms with Crippen molar-refractivity contribution >= 4 is 24.0 Å². The Morgan fingerprint density at radius 2 is 1.97 bits per heavy atom. The van der Waals surface area contributed by atoms with Crippen molar-refractivity contribution in [3.05, 3.63) is 47.0 Å². The van der Waals surface area contributed by atoms with E-state index in [0.717, 1.165) is 12.1 Å². The van der Waals surface area contributed by atoms with Gasteiger partial charge in [-0.25, -0.2) is 8.78 Å². The zero-order chi connectivity index (χ0) is 22.1. The van der Waals surface area contributed by atoms with Crippen molar-refractivity contribution < 1.29 is 33.3 Å². The highest BCUT2D eigenvalue weighted by Gasteiger charge is 2.27. The zero-order valence-corrected chi connectivity index (χ0v) is 18.1. The number of aliphatic hydroxyl groups excluding tert-OH is 1. The van der Waals surface area contributed by atoms with Crippen LogP contribution < -0.4 is 20.1 Å². The average molecular weight is 459 g/mol. The van der Waals surface area contributed by atoms with Crippen molar-refractivity contribution in [2.24, 2.45) is 0 Å². The predicted octanol–water partition coefficient (Wildman–Crippen LogP) is 3.08. The number of halogens is 3. The Hall–Kier alpha value is -2.62. The van der Waals surface area contributed by atoms with Gasteiger partial charge in [0.1, 0.15) is 17.3 Å². The first-order valence-electron chi connectivity index (χ1n) is 9.34. The van der Waals surface area contributed by atoms with Gasteiger partial charge in [0, 0.05) is 29.8 Å². The molecule has 0 bridgehead atoms. The minimum Gasteiger partial charge on any atom is -0.508 e. The number of β-amino-alcohol motifs (C(OH)–C–C–N with tert-alkyl or cyclic N) is 1. The maximum Gasteiger partial charge on any atom is 0.262 e. The molecule has 1 aliphatic rings. The first-order valence-corrected chi connectivity index (χ1v) is 9.34. The molecule has 3 rings (SSSR count). The molecular formula is C21H25ClF2N2O5. The summed E-state index contributed by atoms with van der Waals surface area (Å²) in [6, 6.07) is 4.78. The van der Waals surface area contributed by atoms with Crippen molar-refractivity contribution in [1.82, 2.24) is 5.32 Å². The fourth-order valence-electron chi connectivity index (χ4n) is 3.34. The molecule has 0 aromatic heterocycles. The fraction of sp³-hybridized carbons (Fsp3) is 0.381. The van der Waals surface area contributed by atoms with Crippen molar-refractivity contribution in [3.8, 4) is 17.2 Å². The van der Waals surface area contributed by atoms with Gasteiger partial charge in [-0.3, -0.25) is 4.79 Å². The maximum atomic E-state index is 14.3. The minimum absolute atomic E-state index is 0. The number of carbonyl (C=O) groups excluding carboxylic acids is 1. The van der Waals surface area contributed by atoms with Gasteiger partial charge in [-0.1, -0.05) is 0 Å². The van der Waals surface area contributed by atoms with Crippen LogP contribution in [0.2, 0.25) is 0 Å². The number of fused-ring (bicyclic) bond motifs is 1. The molecular weight excluding hydrogens is 434 g/mol. The molecule has 1 aliphatic heterocycles. The summed E-state index contributed by atoms with van der Waals surface area (Å²) in [5.41, 5.74) is 0.0424. The van der Waals surface area contributed by atoms with Gasteiger partial charge < -0.3 is 30.3 Å². The number of phenols is 1. The monoisotopic (exact) mass is 458 g/mol. The molecule has 4 N–H and O–H groups in total. The zero-order valence-electron chi connectivity index (χ0n) is 17.3.